The maximum Gasteiger partial charge on any atom is 0.216 e. The number of aryl methyl sites for hydroxylation is 1. The molecule has 4 aromatic rings. The van der Waals surface area contributed by atoms with E-state index in [9.17, 15) is 5.11 Å². The van der Waals surface area contributed by atoms with Crippen molar-refractivity contribution in [1.82, 2.24) is 4.98 Å². The van der Waals surface area contributed by atoms with Gasteiger partial charge in [0, 0.05) is 23.2 Å². The molecule has 0 aliphatic rings. The second-order valence-electron chi connectivity index (χ2n) is 6.79. The average Bonchev–Trinajstić information content (AvgIpc) is 2.75. The SMILES string of the molecule is COc1ccc2nc(OCc3ccccc3)cc(Nc3ccc(C)c(O)c3)c2c1. The number of nitrogens with zero attached hydrogens (tertiary/aromatic N) is 1. The lowest BCUT2D eigenvalue weighted by Crippen LogP contribution is -2.00. The van der Waals surface area contributed by atoms with Crippen LogP contribution in [0.15, 0.2) is 72.8 Å². The molecule has 0 bridgehead atoms. The summed E-state index contributed by atoms with van der Waals surface area (Å²) in [5, 5.41) is 14.3. The molecule has 0 unspecified atom stereocenters. The molecule has 29 heavy (non-hydrogen) atoms. The number of rotatable bonds is 6. The van der Waals surface area contributed by atoms with E-state index in [-0.39, 0.29) is 5.75 Å². The fourth-order valence-corrected chi connectivity index (χ4v) is 3.06. The molecule has 1 aromatic heterocycles. The molecule has 0 aliphatic carbocycles. The number of hydrogen-bond donors (Lipinski definition) is 2. The molecule has 0 spiro atoms. The van der Waals surface area contributed by atoms with Crippen LogP contribution in [0.25, 0.3) is 10.9 Å². The lowest BCUT2D eigenvalue weighted by molar-refractivity contribution is 0.295. The van der Waals surface area contributed by atoms with E-state index in [2.05, 4.69) is 10.3 Å². The lowest BCUT2D eigenvalue weighted by atomic mass is 10.1. The zero-order valence-corrected chi connectivity index (χ0v) is 16.3. The Morgan fingerprint density at radius 3 is 2.55 bits per heavy atom. The van der Waals surface area contributed by atoms with Gasteiger partial charge in [-0.05, 0) is 42.3 Å². The van der Waals surface area contributed by atoms with E-state index in [1.807, 2.05) is 73.7 Å². The summed E-state index contributed by atoms with van der Waals surface area (Å²) in [4.78, 5) is 4.63. The van der Waals surface area contributed by atoms with Crippen LogP contribution >= 0.6 is 0 Å². The number of phenolic OH excluding ortho intramolecular Hbond substituents is 1. The average molecular weight is 386 g/mol. The lowest BCUT2D eigenvalue weighted by Gasteiger charge is -2.14. The molecule has 0 saturated heterocycles. The minimum Gasteiger partial charge on any atom is -0.508 e. The van der Waals surface area contributed by atoms with Gasteiger partial charge in [-0.25, -0.2) is 4.98 Å². The Morgan fingerprint density at radius 1 is 0.966 bits per heavy atom. The maximum absolute atomic E-state index is 10.0. The largest absolute Gasteiger partial charge is 0.508 e. The number of pyridine rings is 1. The number of anilines is 2. The van der Waals surface area contributed by atoms with Gasteiger partial charge >= 0.3 is 0 Å². The number of benzene rings is 3. The van der Waals surface area contributed by atoms with E-state index >= 15 is 0 Å². The second kappa shape index (κ2) is 8.10. The van der Waals surface area contributed by atoms with Crippen LogP contribution in [-0.2, 0) is 6.61 Å². The van der Waals surface area contributed by atoms with Gasteiger partial charge in [-0.1, -0.05) is 36.4 Å². The van der Waals surface area contributed by atoms with Gasteiger partial charge in [-0.2, -0.15) is 0 Å². The fraction of sp³-hybridized carbons (Fsp3) is 0.125. The Labute approximate surface area is 169 Å². The van der Waals surface area contributed by atoms with Crippen LogP contribution in [0.4, 0.5) is 11.4 Å². The van der Waals surface area contributed by atoms with Crippen molar-refractivity contribution in [3.63, 3.8) is 0 Å². The van der Waals surface area contributed by atoms with Crippen LogP contribution in [0.3, 0.4) is 0 Å². The molecule has 0 amide bonds. The smallest absolute Gasteiger partial charge is 0.216 e. The Hall–Kier alpha value is -3.73. The third-order valence-electron chi connectivity index (χ3n) is 4.71. The molecular formula is C24H22N2O3. The zero-order chi connectivity index (χ0) is 20.2. The molecule has 0 radical (unpaired) electrons. The maximum atomic E-state index is 10.0. The Bertz CT molecular complexity index is 1140. The van der Waals surface area contributed by atoms with E-state index < -0.39 is 0 Å². The number of phenols is 1. The van der Waals surface area contributed by atoms with Crippen molar-refractivity contribution >= 4 is 22.3 Å². The predicted octanol–water partition coefficient (Wildman–Crippen LogP) is 5.58. The van der Waals surface area contributed by atoms with Crippen LogP contribution in [0.2, 0.25) is 0 Å². The first-order chi connectivity index (χ1) is 14.1. The van der Waals surface area contributed by atoms with Gasteiger partial charge in [0.05, 0.1) is 18.3 Å². The summed E-state index contributed by atoms with van der Waals surface area (Å²) in [6.45, 7) is 2.29. The van der Waals surface area contributed by atoms with Crippen molar-refractivity contribution in [1.29, 1.82) is 0 Å². The summed E-state index contributed by atoms with van der Waals surface area (Å²) in [7, 11) is 1.64. The number of nitrogens with one attached hydrogen (secondary N) is 1. The van der Waals surface area contributed by atoms with Crippen molar-refractivity contribution in [2.75, 3.05) is 12.4 Å². The van der Waals surface area contributed by atoms with Crippen LogP contribution in [0, 0.1) is 6.92 Å². The number of methoxy groups -OCH3 is 1. The topological polar surface area (TPSA) is 63.6 Å². The fourth-order valence-electron chi connectivity index (χ4n) is 3.06. The number of fused-ring (bicyclic) bond motifs is 1. The molecule has 146 valence electrons. The first kappa shape index (κ1) is 18.6. The van der Waals surface area contributed by atoms with Crippen molar-refractivity contribution in [2.24, 2.45) is 0 Å². The van der Waals surface area contributed by atoms with Crippen LogP contribution in [0.5, 0.6) is 17.4 Å². The van der Waals surface area contributed by atoms with Gasteiger partial charge in [-0.3, -0.25) is 0 Å². The first-order valence-electron chi connectivity index (χ1n) is 9.34. The third kappa shape index (κ3) is 4.24. The monoisotopic (exact) mass is 386 g/mol. The molecule has 0 saturated carbocycles. The number of aromatic nitrogens is 1. The van der Waals surface area contributed by atoms with Gasteiger partial charge in [0.25, 0.3) is 0 Å². The van der Waals surface area contributed by atoms with Gasteiger partial charge < -0.3 is 19.9 Å². The molecule has 4 rings (SSSR count). The highest BCUT2D eigenvalue weighted by molar-refractivity contribution is 5.94. The van der Waals surface area contributed by atoms with E-state index in [1.54, 1.807) is 13.2 Å². The molecule has 0 atom stereocenters. The summed E-state index contributed by atoms with van der Waals surface area (Å²) in [5.74, 6) is 1.50. The van der Waals surface area contributed by atoms with Crippen molar-refractivity contribution < 1.29 is 14.6 Å². The minimum atomic E-state index is 0.242. The van der Waals surface area contributed by atoms with Crippen LogP contribution < -0.4 is 14.8 Å². The standard InChI is InChI=1S/C24H22N2O3/c1-16-8-9-18(12-23(16)27)25-22-14-24(29-15-17-6-4-3-5-7-17)26-21-11-10-19(28-2)13-20(21)22/h3-14,27H,15H2,1-2H3,(H,25,26). The van der Waals surface area contributed by atoms with Crippen molar-refractivity contribution in [3.8, 4) is 17.4 Å². The van der Waals surface area contributed by atoms with Gasteiger partial charge in [0.1, 0.15) is 18.1 Å². The van der Waals surface area contributed by atoms with E-state index in [1.165, 1.54) is 0 Å². The highest BCUT2D eigenvalue weighted by Crippen LogP contribution is 2.33. The van der Waals surface area contributed by atoms with Crippen LogP contribution in [-0.4, -0.2) is 17.2 Å². The summed E-state index contributed by atoms with van der Waals surface area (Å²) in [5.41, 5.74) is 4.28. The third-order valence-corrected chi connectivity index (χ3v) is 4.71. The summed E-state index contributed by atoms with van der Waals surface area (Å²) in [6.07, 6.45) is 0. The number of aromatic hydroxyl groups is 1. The molecule has 2 N–H and O–H groups in total. The van der Waals surface area contributed by atoms with Crippen LogP contribution in [0.1, 0.15) is 11.1 Å². The van der Waals surface area contributed by atoms with E-state index in [0.717, 1.165) is 39.2 Å². The van der Waals surface area contributed by atoms with Gasteiger partial charge in [-0.15, -0.1) is 0 Å². The van der Waals surface area contributed by atoms with Crippen molar-refractivity contribution in [2.45, 2.75) is 13.5 Å². The number of hydrogen-bond acceptors (Lipinski definition) is 5. The van der Waals surface area contributed by atoms with Crippen molar-refractivity contribution in [3.05, 3.63) is 83.9 Å². The Kier molecular flexibility index (Phi) is 5.20. The molecule has 0 fully saturated rings. The predicted molar refractivity (Wildman–Crippen MR) is 115 cm³/mol. The first-order valence-corrected chi connectivity index (χ1v) is 9.34. The van der Waals surface area contributed by atoms with Gasteiger partial charge in [0.15, 0.2) is 0 Å². The highest BCUT2D eigenvalue weighted by atomic mass is 16.5. The summed E-state index contributed by atoms with van der Waals surface area (Å²) < 4.78 is 11.3. The zero-order valence-electron chi connectivity index (χ0n) is 16.3. The highest BCUT2D eigenvalue weighted by Gasteiger charge is 2.10. The quantitative estimate of drug-likeness (QED) is 0.453. The van der Waals surface area contributed by atoms with E-state index in [0.29, 0.717) is 12.5 Å². The van der Waals surface area contributed by atoms with Gasteiger partial charge in [0.2, 0.25) is 5.88 Å². The Morgan fingerprint density at radius 2 is 1.79 bits per heavy atom. The molecule has 3 aromatic carbocycles. The summed E-state index contributed by atoms with van der Waals surface area (Å²) in [6, 6.07) is 23.0. The second-order valence-corrected chi connectivity index (χ2v) is 6.79. The molecule has 0 aliphatic heterocycles. The molecule has 5 heteroatoms. The molecular weight excluding hydrogens is 364 g/mol. The number of ether oxygens (including phenoxy) is 2. The van der Waals surface area contributed by atoms with E-state index in [4.69, 9.17) is 9.47 Å². The normalized spacial score (nSPS) is 10.7. The Balaban J connectivity index is 1.71. The molecule has 5 nitrogen and oxygen atoms in total. The minimum absolute atomic E-state index is 0.242. The summed E-state index contributed by atoms with van der Waals surface area (Å²) >= 11 is 0. The molecule has 1 heterocycles.